The second-order valence-electron chi connectivity index (χ2n) is 3.15. The van der Waals surface area contributed by atoms with Gasteiger partial charge in [0, 0.05) is 5.69 Å². The van der Waals surface area contributed by atoms with Gasteiger partial charge in [-0.25, -0.2) is 8.78 Å². The fraction of sp³-hybridized carbons (Fsp3) is 0.625. The van der Waals surface area contributed by atoms with Crippen LogP contribution in [-0.2, 0) is 6.54 Å². The summed E-state index contributed by atoms with van der Waals surface area (Å²) in [7, 11) is 0. The van der Waals surface area contributed by atoms with Crippen LogP contribution in [0.15, 0.2) is 6.07 Å². The molecule has 2 nitrogen and oxygen atoms in total. The van der Waals surface area contributed by atoms with Crippen molar-refractivity contribution >= 4 is 0 Å². The monoisotopic (exact) mass is 210 g/mol. The van der Waals surface area contributed by atoms with Crippen molar-refractivity contribution in [3.05, 3.63) is 17.5 Å². The van der Waals surface area contributed by atoms with Crippen molar-refractivity contribution in [2.24, 2.45) is 0 Å². The van der Waals surface area contributed by atoms with Crippen molar-refractivity contribution in [2.45, 2.75) is 32.7 Å². The summed E-state index contributed by atoms with van der Waals surface area (Å²) in [6, 6.07) is 1.56. The molecule has 0 saturated carbocycles. The molecule has 0 atom stereocenters. The van der Waals surface area contributed by atoms with Crippen LogP contribution in [0.2, 0.25) is 0 Å². The van der Waals surface area contributed by atoms with Gasteiger partial charge in [0.1, 0.15) is 6.54 Å². The van der Waals surface area contributed by atoms with Gasteiger partial charge in [-0.1, -0.05) is 0 Å². The van der Waals surface area contributed by atoms with Crippen LogP contribution in [-0.4, -0.2) is 22.1 Å². The number of halogens is 4. The molecule has 0 aromatic carbocycles. The Balaban J connectivity index is 2.83. The molecule has 6 heteroatoms. The summed E-state index contributed by atoms with van der Waals surface area (Å²) < 4.78 is 49.8. The van der Waals surface area contributed by atoms with E-state index in [4.69, 9.17) is 0 Å². The van der Waals surface area contributed by atoms with Gasteiger partial charge in [-0.05, 0) is 19.9 Å². The fourth-order valence-electron chi connectivity index (χ4n) is 1.10. The van der Waals surface area contributed by atoms with Crippen LogP contribution in [0.5, 0.6) is 0 Å². The predicted molar refractivity (Wildman–Crippen MR) is 42.7 cm³/mol. The van der Waals surface area contributed by atoms with Crippen molar-refractivity contribution < 1.29 is 17.6 Å². The average molecular weight is 210 g/mol. The van der Waals surface area contributed by atoms with E-state index in [1.807, 2.05) is 0 Å². The molecule has 0 saturated heterocycles. The Hall–Kier alpha value is -1.07. The van der Waals surface area contributed by atoms with Crippen LogP contribution in [0.25, 0.3) is 0 Å². The molecule has 0 radical (unpaired) electrons. The Kier molecular flexibility index (Phi) is 2.82. The van der Waals surface area contributed by atoms with Gasteiger partial charge in [-0.3, -0.25) is 4.68 Å². The highest BCUT2D eigenvalue weighted by Crippen LogP contribution is 2.25. The molecule has 0 aliphatic carbocycles. The van der Waals surface area contributed by atoms with Crippen LogP contribution in [0, 0.1) is 13.8 Å². The normalized spacial score (nSPS) is 12.5. The summed E-state index contributed by atoms with van der Waals surface area (Å²) in [5.41, 5.74) is 0.982. The summed E-state index contributed by atoms with van der Waals surface area (Å²) in [5, 5.41) is 3.68. The Morgan fingerprint density at radius 1 is 1.43 bits per heavy atom. The van der Waals surface area contributed by atoms with Crippen LogP contribution < -0.4 is 0 Å². The van der Waals surface area contributed by atoms with Crippen LogP contribution in [0.3, 0.4) is 0 Å². The quantitative estimate of drug-likeness (QED) is 0.700. The Morgan fingerprint density at radius 3 is 2.36 bits per heavy atom. The number of hydrogen-bond donors (Lipinski definition) is 0. The minimum absolute atomic E-state index is 0.447. The lowest BCUT2D eigenvalue weighted by molar-refractivity contribution is -0.139. The summed E-state index contributed by atoms with van der Waals surface area (Å²) in [6.45, 7) is 2.08. The van der Waals surface area contributed by atoms with Gasteiger partial charge in [0.25, 0.3) is 0 Å². The van der Waals surface area contributed by atoms with Crippen LogP contribution in [0.1, 0.15) is 11.4 Å². The van der Waals surface area contributed by atoms with Crippen molar-refractivity contribution in [2.75, 3.05) is 0 Å². The molecule has 0 bridgehead atoms. The minimum atomic E-state index is -4.02. The molecule has 0 aliphatic rings. The van der Waals surface area contributed by atoms with E-state index in [-0.39, 0.29) is 0 Å². The second kappa shape index (κ2) is 3.59. The third kappa shape index (κ3) is 2.24. The highest BCUT2D eigenvalue weighted by molar-refractivity contribution is 5.06. The number of aryl methyl sites for hydroxylation is 2. The van der Waals surface area contributed by atoms with E-state index in [0.717, 1.165) is 4.68 Å². The van der Waals surface area contributed by atoms with Gasteiger partial charge in [0.05, 0.1) is 5.69 Å². The second-order valence-corrected chi connectivity index (χ2v) is 3.15. The molecule has 0 amide bonds. The zero-order chi connectivity index (χ0) is 10.9. The number of aromatic nitrogens is 2. The van der Waals surface area contributed by atoms with Crippen molar-refractivity contribution in [3.8, 4) is 0 Å². The predicted octanol–water partition coefficient (Wildman–Crippen LogP) is 2.40. The lowest BCUT2D eigenvalue weighted by Gasteiger charge is -2.15. The Morgan fingerprint density at radius 2 is 2.00 bits per heavy atom. The molecule has 0 spiro atoms. The van der Waals surface area contributed by atoms with E-state index >= 15 is 0 Å². The fourth-order valence-corrected chi connectivity index (χ4v) is 1.10. The van der Waals surface area contributed by atoms with Crippen LogP contribution in [0.4, 0.5) is 17.6 Å². The Bertz CT molecular complexity index is 319. The minimum Gasteiger partial charge on any atom is -0.263 e. The molecule has 14 heavy (non-hydrogen) atoms. The number of nitrogens with zero attached hydrogens (tertiary/aromatic N) is 2. The maximum Gasteiger partial charge on any atom is 0.326 e. The molecule has 80 valence electrons. The third-order valence-electron chi connectivity index (χ3n) is 1.78. The molecule has 1 rings (SSSR count). The van der Waals surface area contributed by atoms with Gasteiger partial charge < -0.3 is 0 Å². The van der Waals surface area contributed by atoms with E-state index in [2.05, 4.69) is 5.10 Å². The van der Waals surface area contributed by atoms with Crippen molar-refractivity contribution in [1.29, 1.82) is 0 Å². The molecule has 1 aromatic heterocycles. The van der Waals surface area contributed by atoms with Gasteiger partial charge in [-0.2, -0.15) is 13.9 Å². The zero-order valence-corrected chi connectivity index (χ0v) is 7.77. The summed E-state index contributed by atoms with van der Waals surface area (Å²) in [6.07, 6.45) is -3.66. The maximum absolute atomic E-state index is 12.6. The van der Waals surface area contributed by atoms with E-state index in [0.29, 0.717) is 11.4 Å². The Labute approximate surface area is 78.5 Å². The average Bonchev–Trinajstić information content (AvgIpc) is 2.29. The molecule has 1 heterocycles. The molecule has 0 aliphatic heterocycles. The summed E-state index contributed by atoms with van der Waals surface area (Å²) in [4.78, 5) is 0. The van der Waals surface area contributed by atoms with Crippen LogP contribution >= 0.6 is 0 Å². The van der Waals surface area contributed by atoms with Gasteiger partial charge in [0.15, 0.2) is 0 Å². The summed E-state index contributed by atoms with van der Waals surface area (Å²) in [5.74, 6) is -4.02. The van der Waals surface area contributed by atoms with Crippen molar-refractivity contribution in [1.82, 2.24) is 9.78 Å². The highest BCUT2D eigenvalue weighted by atomic mass is 19.3. The molecule has 0 fully saturated rings. The van der Waals surface area contributed by atoms with Gasteiger partial charge in [0.2, 0.25) is 0 Å². The van der Waals surface area contributed by atoms with Gasteiger partial charge >= 0.3 is 12.3 Å². The molecule has 1 aromatic rings. The molecular formula is C8H10F4N2. The molecule has 0 N–H and O–H groups in total. The van der Waals surface area contributed by atoms with E-state index in [1.54, 1.807) is 19.9 Å². The standard InChI is InChI=1S/C8H10F4N2/c1-5-3-6(2)14(13-5)4-8(11,12)7(9)10/h3,7H,4H2,1-2H3. The summed E-state index contributed by atoms with van der Waals surface area (Å²) >= 11 is 0. The largest absolute Gasteiger partial charge is 0.326 e. The smallest absolute Gasteiger partial charge is 0.263 e. The first-order valence-corrected chi connectivity index (χ1v) is 4.00. The third-order valence-corrected chi connectivity index (χ3v) is 1.78. The SMILES string of the molecule is Cc1cc(C)n(CC(F)(F)C(F)F)n1. The molecular weight excluding hydrogens is 200 g/mol. The van der Waals surface area contributed by atoms with Gasteiger partial charge in [-0.15, -0.1) is 0 Å². The maximum atomic E-state index is 12.6. The van der Waals surface area contributed by atoms with E-state index in [9.17, 15) is 17.6 Å². The number of hydrogen-bond acceptors (Lipinski definition) is 1. The zero-order valence-electron chi connectivity index (χ0n) is 7.77. The number of alkyl halides is 4. The first kappa shape index (κ1) is 11.0. The first-order valence-electron chi connectivity index (χ1n) is 4.00. The highest BCUT2D eigenvalue weighted by Gasteiger charge is 2.41. The van der Waals surface area contributed by atoms with E-state index in [1.165, 1.54) is 0 Å². The first-order chi connectivity index (χ1) is 6.33. The molecule has 0 unspecified atom stereocenters. The number of rotatable bonds is 3. The van der Waals surface area contributed by atoms with E-state index < -0.39 is 18.9 Å². The lowest BCUT2D eigenvalue weighted by Crippen LogP contribution is -2.32. The van der Waals surface area contributed by atoms with Crippen molar-refractivity contribution in [3.63, 3.8) is 0 Å². The lowest BCUT2D eigenvalue weighted by atomic mass is 10.3. The topological polar surface area (TPSA) is 17.8 Å².